The van der Waals surface area contributed by atoms with E-state index < -0.39 is 0 Å². The summed E-state index contributed by atoms with van der Waals surface area (Å²) in [5.74, 6) is 0.584. The number of aryl methyl sites for hydroxylation is 1. The fourth-order valence-corrected chi connectivity index (χ4v) is 2.94. The lowest BCUT2D eigenvalue weighted by Crippen LogP contribution is -2.33. The number of nitrogens with zero attached hydrogens (tertiary/aromatic N) is 1. The molecule has 1 aliphatic rings. The van der Waals surface area contributed by atoms with Crippen molar-refractivity contribution in [3.05, 3.63) is 32.3 Å². The fraction of sp³-hybridized carbons (Fsp3) is 0.538. The number of piperidine rings is 1. The van der Waals surface area contributed by atoms with Gasteiger partial charge in [-0.25, -0.2) is 0 Å². The minimum absolute atomic E-state index is 0.160. The van der Waals surface area contributed by atoms with E-state index in [4.69, 9.17) is 0 Å². The smallest absolute Gasteiger partial charge is 0.274 e. The molecule has 0 aliphatic carbocycles. The molecule has 1 fully saturated rings. The van der Waals surface area contributed by atoms with Crippen molar-refractivity contribution in [2.45, 2.75) is 19.8 Å². The van der Waals surface area contributed by atoms with Crippen molar-refractivity contribution in [1.82, 2.24) is 5.32 Å². The first-order valence-electron chi connectivity index (χ1n) is 6.47. The quantitative estimate of drug-likeness (QED) is 0.658. The summed E-state index contributed by atoms with van der Waals surface area (Å²) in [4.78, 5) is 10.6. The first-order valence-corrected chi connectivity index (χ1v) is 7.26. The largest absolute Gasteiger partial charge is 0.384 e. The fourth-order valence-electron chi connectivity index (χ4n) is 2.35. The van der Waals surface area contributed by atoms with Crippen LogP contribution in [0.4, 0.5) is 11.4 Å². The Balaban J connectivity index is 2.06. The number of nitro benzene ring substituents is 1. The Hall–Kier alpha value is -1.14. The number of anilines is 1. The van der Waals surface area contributed by atoms with Crippen LogP contribution in [-0.2, 0) is 0 Å². The van der Waals surface area contributed by atoms with Crippen LogP contribution in [0.1, 0.15) is 18.4 Å². The standard InChI is InChI=1S/C13H18BrN3O2/c1-9-5-11(14)12(6-13(9)17(18)19)16-8-10-3-2-4-15-7-10/h5-6,10,15-16H,2-4,7-8H2,1H3. The summed E-state index contributed by atoms with van der Waals surface area (Å²) in [6.07, 6.45) is 2.40. The zero-order valence-electron chi connectivity index (χ0n) is 10.9. The van der Waals surface area contributed by atoms with Gasteiger partial charge in [0.1, 0.15) is 0 Å². The second-order valence-electron chi connectivity index (χ2n) is 4.97. The van der Waals surface area contributed by atoms with E-state index in [0.29, 0.717) is 11.5 Å². The summed E-state index contributed by atoms with van der Waals surface area (Å²) in [6.45, 7) is 4.69. The predicted molar refractivity (Wildman–Crippen MR) is 79.6 cm³/mol. The molecule has 0 saturated carbocycles. The van der Waals surface area contributed by atoms with E-state index in [9.17, 15) is 10.1 Å². The highest BCUT2D eigenvalue weighted by Gasteiger charge is 2.16. The highest BCUT2D eigenvalue weighted by molar-refractivity contribution is 9.10. The first-order chi connectivity index (χ1) is 9.08. The molecule has 0 spiro atoms. The topological polar surface area (TPSA) is 67.2 Å². The Kier molecular flexibility index (Phi) is 4.76. The van der Waals surface area contributed by atoms with Gasteiger partial charge in [0.05, 0.1) is 10.6 Å². The SMILES string of the molecule is Cc1cc(Br)c(NCC2CCCNC2)cc1[N+](=O)[O-]. The molecule has 5 nitrogen and oxygen atoms in total. The van der Waals surface area contributed by atoms with Crippen LogP contribution in [0.5, 0.6) is 0 Å². The van der Waals surface area contributed by atoms with Crippen LogP contribution in [0.2, 0.25) is 0 Å². The highest BCUT2D eigenvalue weighted by atomic mass is 79.9. The molecule has 0 radical (unpaired) electrons. The Bertz CT molecular complexity index is 473. The minimum atomic E-state index is -0.338. The van der Waals surface area contributed by atoms with Crippen LogP contribution in [0.25, 0.3) is 0 Å². The molecule has 6 heteroatoms. The lowest BCUT2D eigenvalue weighted by atomic mass is 9.99. The van der Waals surface area contributed by atoms with Crippen LogP contribution in [0.15, 0.2) is 16.6 Å². The number of rotatable bonds is 4. The third-order valence-corrected chi connectivity index (χ3v) is 4.12. The third kappa shape index (κ3) is 3.67. The number of nitrogens with one attached hydrogen (secondary N) is 2. The molecule has 1 saturated heterocycles. The van der Waals surface area contributed by atoms with Crippen LogP contribution in [0.3, 0.4) is 0 Å². The Morgan fingerprint density at radius 2 is 2.37 bits per heavy atom. The normalized spacial score (nSPS) is 19.2. The Morgan fingerprint density at radius 1 is 1.58 bits per heavy atom. The van der Waals surface area contributed by atoms with Gasteiger partial charge in [-0.05, 0) is 60.8 Å². The zero-order chi connectivity index (χ0) is 13.8. The average Bonchev–Trinajstić information content (AvgIpc) is 2.38. The van der Waals surface area contributed by atoms with Crippen molar-refractivity contribution in [2.75, 3.05) is 25.0 Å². The van der Waals surface area contributed by atoms with E-state index >= 15 is 0 Å². The van der Waals surface area contributed by atoms with E-state index in [-0.39, 0.29) is 10.6 Å². The van der Waals surface area contributed by atoms with Gasteiger partial charge in [0.25, 0.3) is 5.69 Å². The van der Waals surface area contributed by atoms with Crippen LogP contribution in [-0.4, -0.2) is 24.6 Å². The van der Waals surface area contributed by atoms with Gasteiger partial charge in [-0.3, -0.25) is 10.1 Å². The van der Waals surface area contributed by atoms with Crippen LogP contribution < -0.4 is 10.6 Å². The molecule has 19 heavy (non-hydrogen) atoms. The first kappa shape index (κ1) is 14.3. The molecule has 104 valence electrons. The molecule has 2 rings (SSSR count). The maximum Gasteiger partial charge on any atom is 0.274 e. The van der Waals surface area contributed by atoms with Gasteiger partial charge >= 0.3 is 0 Å². The van der Waals surface area contributed by atoms with Crippen molar-refractivity contribution in [1.29, 1.82) is 0 Å². The number of hydrogen-bond donors (Lipinski definition) is 2. The third-order valence-electron chi connectivity index (χ3n) is 3.46. The molecule has 1 aliphatic heterocycles. The summed E-state index contributed by atoms with van der Waals surface area (Å²) in [7, 11) is 0. The highest BCUT2D eigenvalue weighted by Crippen LogP contribution is 2.30. The summed E-state index contributed by atoms with van der Waals surface area (Å²) in [5.41, 5.74) is 1.62. The molecule has 1 heterocycles. The Morgan fingerprint density at radius 3 is 3.00 bits per heavy atom. The summed E-state index contributed by atoms with van der Waals surface area (Å²) < 4.78 is 0.874. The molecule has 1 aromatic carbocycles. The van der Waals surface area contributed by atoms with E-state index in [1.54, 1.807) is 19.1 Å². The van der Waals surface area contributed by atoms with Gasteiger partial charge in [0.15, 0.2) is 0 Å². The molecule has 0 amide bonds. The second kappa shape index (κ2) is 6.34. The maximum absolute atomic E-state index is 10.9. The lowest BCUT2D eigenvalue weighted by molar-refractivity contribution is -0.385. The second-order valence-corrected chi connectivity index (χ2v) is 5.82. The molecular formula is C13H18BrN3O2. The molecule has 0 bridgehead atoms. The van der Waals surface area contributed by atoms with E-state index in [1.165, 1.54) is 12.8 Å². The lowest BCUT2D eigenvalue weighted by Gasteiger charge is -2.23. The molecule has 1 aromatic rings. The number of hydrogen-bond acceptors (Lipinski definition) is 4. The molecule has 1 unspecified atom stereocenters. The van der Waals surface area contributed by atoms with Crippen LogP contribution in [0, 0.1) is 23.0 Å². The van der Waals surface area contributed by atoms with Crippen molar-refractivity contribution in [3.8, 4) is 0 Å². The van der Waals surface area contributed by atoms with E-state index in [0.717, 1.165) is 29.8 Å². The van der Waals surface area contributed by atoms with Gasteiger partial charge in [-0.15, -0.1) is 0 Å². The molecular weight excluding hydrogens is 310 g/mol. The molecule has 1 atom stereocenters. The summed E-state index contributed by atoms with van der Waals surface area (Å²) in [6, 6.07) is 3.40. The number of nitro groups is 1. The van der Waals surface area contributed by atoms with Gasteiger partial charge in [0, 0.05) is 22.6 Å². The van der Waals surface area contributed by atoms with E-state index in [1.807, 2.05) is 0 Å². The monoisotopic (exact) mass is 327 g/mol. The average molecular weight is 328 g/mol. The molecule has 2 N–H and O–H groups in total. The van der Waals surface area contributed by atoms with Crippen molar-refractivity contribution in [3.63, 3.8) is 0 Å². The van der Waals surface area contributed by atoms with Gasteiger partial charge in [-0.2, -0.15) is 0 Å². The van der Waals surface area contributed by atoms with Crippen molar-refractivity contribution in [2.24, 2.45) is 5.92 Å². The number of benzene rings is 1. The van der Waals surface area contributed by atoms with Crippen LogP contribution >= 0.6 is 15.9 Å². The summed E-state index contributed by atoms with van der Waals surface area (Å²) >= 11 is 3.45. The molecule has 0 aromatic heterocycles. The van der Waals surface area contributed by atoms with Crippen molar-refractivity contribution < 1.29 is 4.92 Å². The number of halogens is 1. The van der Waals surface area contributed by atoms with Crippen molar-refractivity contribution >= 4 is 27.3 Å². The Labute approximate surface area is 121 Å². The summed E-state index contributed by atoms with van der Waals surface area (Å²) in [5, 5.41) is 17.6. The predicted octanol–water partition coefficient (Wildman–Crippen LogP) is 3.08. The minimum Gasteiger partial charge on any atom is -0.384 e. The maximum atomic E-state index is 10.9. The van der Waals surface area contributed by atoms with Gasteiger partial charge in [0.2, 0.25) is 0 Å². The van der Waals surface area contributed by atoms with E-state index in [2.05, 4.69) is 26.6 Å². The van der Waals surface area contributed by atoms with Gasteiger partial charge in [-0.1, -0.05) is 0 Å². The zero-order valence-corrected chi connectivity index (χ0v) is 12.5. The van der Waals surface area contributed by atoms with Gasteiger partial charge < -0.3 is 10.6 Å².